The molecule has 0 aliphatic carbocycles. The average Bonchev–Trinajstić information content (AvgIpc) is 3.05. The molecule has 0 bridgehead atoms. The summed E-state index contributed by atoms with van der Waals surface area (Å²) in [6.45, 7) is 2.04. The van der Waals surface area contributed by atoms with Crippen molar-refractivity contribution in [3.63, 3.8) is 0 Å². The van der Waals surface area contributed by atoms with Crippen molar-refractivity contribution >= 4 is 11.7 Å². The van der Waals surface area contributed by atoms with Gasteiger partial charge in [-0.05, 0) is 12.5 Å². The van der Waals surface area contributed by atoms with E-state index in [0.717, 1.165) is 10.2 Å². The number of alkyl halides is 3. The molecule has 1 aliphatic heterocycles. The quantitative estimate of drug-likeness (QED) is 0.833. The van der Waals surface area contributed by atoms with Crippen LogP contribution in [0.4, 0.5) is 19.0 Å². The van der Waals surface area contributed by atoms with Gasteiger partial charge in [0, 0.05) is 19.6 Å². The lowest BCUT2D eigenvalue weighted by molar-refractivity contribution is -0.173. The van der Waals surface area contributed by atoms with Crippen molar-refractivity contribution in [2.45, 2.75) is 37.6 Å². The van der Waals surface area contributed by atoms with Crippen molar-refractivity contribution in [2.24, 2.45) is 0 Å². The van der Waals surface area contributed by atoms with Gasteiger partial charge in [0.05, 0.1) is 18.8 Å². The van der Waals surface area contributed by atoms with Gasteiger partial charge in [-0.3, -0.25) is 4.79 Å². The number of carbonyl (C=O) groups is 1. The lowest BCUT2D eigenvalue weighted by Gasteiger charge is -2.34. The maximum Gasteiger partial charge on any atom is 0.410 e. The molecule has 9 heteroatoms. The Morgan fingerprint density at radius 2 is 2.11 bits per heavy atom. The summed E-state index contributed by atoms with van der Waals surface area (Å²) in [5, 5.41) is 9.61. The van der Waals surface area contributed by atoms with Crippen LogP contribution in [0.2, 0.25) is 0 Å². The molecule has 0 saturated carbocycles. The summed E-state index contributed by atoms with van der Waals surface area (Å²) in [4.78, 5) is 12.5. The molecule has 1 unspecified atom stereocenters. The predicted molar refractivity (Wildman–Crippen MR) is 93.5 cm³/mol. The van der Waals surface area contributed by atoms with Crippen molar-refractivity contribution in [3.05, 3.63) is 47.7 Å². The Morgan fingerprint density at radius 1 is 1.41 bits per heavy atom. The fourth-order valence-electron chi connectivity index (χ4n) is 3.23. The third-order valence-electron chi connectivity index (χ3n) is 4.48. The van der Waals surface area contributed by atoms with E-state index in [1.807, 2.05) is 0 Å². The number of nitrogens with one attached hydrogen (secondary N) is 2. The first-order valence-electron chi connectivity index (χ1n) is 8.56. The number of methoxy groups -OCH3 is 1. The molecule has 27 heavy (non-hydrogen) atoms. The highest BCUT2D eigenvalue weighted by Crippen LogP contribution is 2.44. The largest absolute Gasteiger partial charge is 0.410 e. The zero-order chi connectivity index (χ0) is 19.6. The maximum atomic E-state index is 13.6. The zero-order valence-corrected chi connectivity index (χ0v) is 15.0. The number of amides is 1. The number of hydrogen-bond acceptors (Lipinski definition) is 4. The van der Waals surface area contributed by atoms with Crippen LogP contribution in [-0.4, -0.2) is 41.6 Å². The van der Waals surface area contributed by atoms with Gasteiger partial charge >= 0.3 is 6.18 Å². The molecule has 6 nitrogen and oxygen atoms in total. The van der Waals surface area contributed by atoms with Gasteiger partial charge in [-0.1, -0.05) is 30.3 Å². The first kappa shape index (κ1) is 19.2. The Hall–Kier alpha value is -2.55. The summed E-state index contributed by atoms with van der Waals surface area (Å²) in [5.41, 5.74) is 0.797. The molecule has 2 heterocycles. The summed E-state index contributed by atoms with van der Waals surface area (Å²) in [6.07, 6.45) is -3.51. The number of ether oxygens (including phenoxy) is 1. The summed E-state index contributed by atoms with van der Waals surface area (Å²) < 4.78 is 46.7. The van der Waals surface area contributed by atoms with Gasteiger partial charge in [0.25, 0.3) is 5.91 Å². The molecule has 146 valence electrons. The second kappa shape index (κ2) is 7.59. The molecule has 1 aromatic heterocycles. The van der Waals surface area contributed by atoms with Crippen LogP contribution in [0, 0.1) is 0 Å². The molecular weight excluding hydrogens is 361 g/mol. The minimum atomic E-state index is -4.48. The van der Waals surface area contributed by atoms with E-state index in [1.54, 1.807) is 37.3 Å². The summed E-state index contributed by atoms with van der Waals surface area (Å²) in [7, 11) is 1.50. The van der Waals surface area contributed by atoms with Gasteiger partial charge in [0.1, 0.15) is 11.4 Å². The predicted octanol–water partition coefficient (Wildman–Crippen LogP) is 3.31. The standard InChI is InChI=1S/C18H21F3N4O2/c1-11(10-27-2)23-17(26)13-9-22-25-15(18(19,20)21)8-14(24-16(13)25)12-6-4-3-5-7-12/h3-7,9,11,14-15,24H,8,10H2,1-2H3,(H,23,26)/t11?,14-,15+/m1/s1. The number of fused-ring (bicyclic) bond motifs is 1. The van der Waals surface area contributed by atoms with Crippen molar-refractivity contribution in [1.29, 1.82) is 0 Å². The first-order valence-corrected chi connectivity index (χ1v) is 8.56. The third-order valence-corrected chi connectivity index (χ3v) is 4.48. The van der Waals surface area contributed by atoms with E-state index in [0.29, 0.717) is 6.61 Å². The summed E-state index contributed by atoms with van der Waals surface area (Å²) >= 11 is 0. The smallest absolute Gasteiger partial charge is 0.383 e. The van der Waals surface area contributed by atoms with E-state index in [1.165, 1.54) is 13.3 Å². The van der Waals surface area contributed by atoms with E-state index in [4.69, 9.17) is 4.74 Å². The highest BCUT2D eigenvalue weighted by atomic mass is 19.4. The minimum absolute atomic E-state index is 0.0690. The lowest BCUT2D eigenvalue weighted by Crippen LogP contribution is -2.38. The Morgan fingerprint density at radius 3 is 2.74 bits per heavy atom. The molecule has 3 atom stereocenters. The van der Waals surface area contributed by atoms with E-state index in [-0.39, 0.29) is 23.8 Å². The fourth-order valence-corrected chi connectivity index (χ4v) is 3.23. The highest BCUT2D eigenvalue weighted by Gasteiger charge is 2.47. The Bertz CT molecular complexity index is 792. The van der Waals surface area contributed by atoms with Gasteiger partial charge < -0.3 is 15.4 Å². The monoisotopic (exact) mass is 382 g/mol. The van der Waals surface area contributed by atoms with Crippen molar-refractivity contribution in [1.82, 2.24) is 15.1 Å². The molecule has 0 spiro atoms. The molecule has 0 saturated heterocycles. The zero-order valence-electron chi connectivity index (χ0n) is 15.0. The first-order chi connectivity index (χ1) is 12.8. The molecule has 2 N–H and O–H groups in total. The number of hydrogen-bond donors (Lipinski definition) is 2. The third kappa shape index (κ3) is 4.08. The van der Waals surface area contributed by atoms with Crippen LogP contribution in [0.1, 0.15) is 41.3 Å². The Balaban J connectivity index is 1.94. The molecule has 0 fully saturated rings. The van der Waals surface area contributed by atoms with Crippen molar-refractivity contribution < 1.29 is 22.7 Å². The normalized spacial score (nSPS) is 20.5. The van der Waals surface area contributed by atoms with Crippen LogP contribution in [0.3, 0.4) is 0 Å². The Labute approximate surface area is 154 Å². The molecule has 0 radical (unpaired) electrons. The number of carbonyl (C=O) groups excluding carboxylic acids is 1. The van der Waals surface area contributed by atoms with Gasteiger partial charge in [-0.25, -0.2) is 4.68 Å². The number of benzene rings is 1. The molecule has 1 amide bonds. The summed E-state index contributed by atoms with van der Waals surface area (Å²) in [6, 6.07) is 6.19. The lowest BCUT2D eigenvalue weighted by atomic mass is 9.96. The fraction of sp³-hybridized carbons (Fsp3) is 0.444. The van der Waals surface area contributed by atoms with Crippen LogP contribution in [-0.2, 0) is 4.74 Å². The van der Waals surface area contributed by atoms with Crippen LogP contribution in [0.15, 0.2) is 36.5 Å². The Kier molecular flexibility index (Phi) is 5.41. The molecule has 1 aliphatic rings. The van der Waals surface area contributed by atoms with Crippen molar-refractivity contribution in [2.75, 3.05) is 19.0 Å². The van der Waals surface area contributed by atoms with Crippen molar-refractivity contribution in [3.8, 4) is 0 Å². The van der Waals surface area contributed by atoms with E-state index >= 15 is 0 Å². The number of aromatic nitrogens is 2. The second-order valence-corrected chi connectivity index (χ2v) is 6.58. The SMILES string of the molecule is COCC(C)NC(=O)c1cnn2c1N[C@@H](c1ccccc1)C[C@H]2C(F)(F)F. The van der Waals surface area contributed by atoms with Crippen LogP contribution < -0.4 is 10.6 Å². The number of halogens is 3. The van der Waals surface area contributed by atoms with E-state index in [2.05, 4.69) is 15.7 Å². The van der Waals surface area contributed by atoms with Gasteiger partial charge in [0.2, 0.25) is 0 Å². The van der Waals surface area contributed by atoms with Crippen LogP contribution >= 0.6 is 0 Å². The number of rotatable bonds is 5. The van der Waals surface area contributed by atoms with Gasteiger partial charge in [-0.15, -0.1) is 0 Å². The molecular formula is C18H21F3N4O2. The second-order valence-electron chi connectivity index (χ2n) is 6.58. The summed E-state index contributed by atoms with van der Waals surface area (Å²) in [5.74, 6) is -0.428. The average molecular weight is 382 g/mol. The van der Waals surface area contributed by atoms with Gasteiger partial charge in [0.15, 0.2) is 6.04 Å². The van der Waals surface area contributed by atoms with E-state index < -0.39 is 24.2 Å². The maximum absolute atomic E-state index is 13.6. The minimum Gasteiger partial charge on any atom is -0.383 e. The molecule has 3 rings (SSSR count). The van der Waals surface area contributed by atoms with Crippen LogP contribution in [0.25, 0.3) is 0 Å². The topological polar surface area (TPSA) is 68.2 Å². The number of anilines is 1. The van der Waals surface area contributed by atoms with Gasteiger partial charge in [-0.2, -0.15) is 18.3 Å². The van der Waals surface area contributed by atoms with Crippen LogP contribution in [0.5, 0.6) is 0 Å². The molecule has 1 aromatic carbocycles. The number of nitrogens with zero attached hydrogens (tertiary/aromatic N) is 2. The van der Waals surface area contributed by atoms with E-state index in [9.17, 15) is 18.0 Å². The molecule has 2 aromatic rings. The highest BCUT2D eigenvalue weighted by molar-refractivity contribution is 5.99.